The highest BCUT2D eigenvalue weighted by molar-refractivity contribution is 5.88. The lowest BCUT2D eigenvalue weighted by Gasteiger charge is -2.35. The van der Waals surface area contributed by atoms with Crippen LogP contribution < -0.4 is 15.5 Å². The Labute approximate surface area is 226 Å². The number of carbonyl (C=O) groups is 2. The van der Waals surface area contributed by atoms with Gasteiger partial charge in [0.05, 0.1) is 17.1 Å². The molecule has 0 spiro atoms. The van der Waals surface area contributed by atoms with Crippen molar-refractivity contribution in [1.29, 1.82) is 0 Å². The smallest absolute Gasteiger partial charge is 0.323 e. The van der Waals surface area contributed by atoms with Crippen molar-refractivity contribution in [3.05, 3.63) is 66.8 Å². The zero-order valence-corrected chi connectivity index (χ0v) is 22.0. The number of anilines is 2. The fourth-order valence-electron chi connectivity index (χ4n) is 5.04. The lowest BCUT2D eigenvalue weighted by atomic mass is 9.94. The maximum atomic E-state index is 15.0. The molecule has 1 aliphatic carbocycles. The Bertz CT molecular complexity index is 1290. The van der Waals surface area contributed by atoms with Gasteiger partial charge in [-0.25, -0.2) is 14.2 Å². The second kappa shape index (κ2) is 10.9. The second-order valence-corrected chi connectivity index (χ2v) is 10.3. The molecule has 1 saturated carbocycles. The number of likely N-dealkylation sites (tertiary alicyclic amines) is 1. The van der Waals surface area contributed by atoms with Crippen LogP contribution in [0.2, 0.25) is 0 Å². The van der Waals surface area contributed by atoms with Crippen LogP contribution in [0.1, 0.15) is 25.7 Å². The zero-order valence-electron chi connectivity index (χ0n) is 22.0. The zero-order chi connectivity index (χ0) is 27.6. The van der Waals surface area contributed by atoms with Crippen molar-refractivity contribution in [3.8, 4) is 11.5 Å². The van der Waals surface area contributed by atoms with E-state index in [1.54, 1.807) is 53.5 Å². The number of hydrazine groups is 1. The van der Waals surface area contributed by atoms with Gasteiger partial charge < -0.3 is 19.6 Å². The van der Waals surface area contributed by atoms with Gasteiger partial charge in [0.25, 0.3) is 0 Å². The number of hydrogen-bond donors (Lipinski definition) is 3. The first-order valence-corrected chi connectivity index (χ1v) is 13.0. The van der Waals surface area contributed by atoms with E-state index < -0.39 is 23.2 Å². The van der Waals surface area contributed by atoms with Crippen molar-refractivity contribution in [2.45, 2.75) is 37.8 Å². The number of nitrogens with zero attached hydrogens (tertiary/aromatic N) is 4. The van der Waals surface area contributed by atoms with Crippen LogP contribution in [-0.4, -0.2) is 76.2 Å². The number of piperidine rings is 1. The van der Waals surface area contributed by atoms with Gasteiger partial charge in [0, 0.05) is 37.6 Å². The van der Waals surface area contributed by atoms with Gasteiger partial charge in [0.1, 0.15) is 17.3 Å². The summed E-state index contributed by atoms with van der Waals surface area (Å²) in [6, 6.07) is 7.09. The van der Waals surface area contributed by atoms with Crippen LogP contribution >= 0.6 is 0 Å². The maximum Gasteiger partial charge on any atom is 0.323 e. The topological polar surface area (TPSA) is 110 Å². The van der Waals surface area contributed by atoms with E-state index in [9.17, 15) is 14.7 Å². The van der Waals surface area contributed by atoms with Gasteiger partial charge in [-0.05, 0) is 70.1 Å². The van der Waals surface area contributed by atoms with Gasteiger partial charge in [-0.2, -0.15) is 0 Å². The van der Waals surface area contributed by atoms with Gasteiger partial charge in [-0.1, -0.05) is 12.2 Å². The van der Waals surface area contributed by atoms with Crippen LogP contribution in [0.25, 0.3) is 0 Å². The number of urea groups is 1. The molecule has 2 aliphatic heterocycles. The standard InChI is InChI=1S/C28H33FN6O4/c1-33-15-9-19(10-16-33)34(2)27(38)31-25-18-21(8-13-30-25)39-20-6-7-23(22(29)17-20)32-35-14-4-3-5-24(35)28(11-12-28)26(36)37/h3-8,13-14,17-19,24,32H,9-12,15-16H2,1-2H3,(H,36,37)(H,30,31,38). The van der Waals surface area contributed by atoms with E-state index in [2.05, 4.69) is 27.7 Å². The molecule has 206 valence electrons. The molecule has 0 bridgehead atoms. The molecular formula is C28H33FN6O4. The van der Waals surface area contributed by atoms with Crippen LogP contribution in [0.15, 0.2) is 61.0 Å². The minimum atomic E-state index is -0.871. The van der Waals surface area contributed by atoms with E-state index in [-0.39, 0.29) is 23.5 Å². The highest BCUT2D eigenvalue weighted by Gasteiger charge is 2.57. The van der Waals surface area contributed by atoms with Gasteiger partial charge >= 0.3 is 12.0 Å². The number of nitrogens with one attached hydrogen (secondary N) is 2. The number of hydrogen-bond acceptors (Lipinski definition) is 7. The van der Waals surface area contributed by atoms with Crippen molar-refractivity contribution in [3.63, 3.8) is 0 Å². The molecule has 3 heterocycles. The molecule has 3 N–H and O–H groups in total. The Balaban J connectivity index is 1.21. The third-order valence-corrected chi connectivity index (χ3v) is 7.68. The van der Waals surface area contributed by atoms with Crippen molar-refractivity contribution >= 4 is 23.5 Å². The van der Waals surface area contributed by atoms with Gasteiger partial charge in [-0.3, -0.25) is 20.5 Å². The molecule has 39 heavy (non-hydrogen) atoms. The number of pyridine rings is 1. The molecule has 2 fully saturated rings. The molecule has 11 heteroatoms. The molecule has 2 aromatic rings. The Kier molecular flexibility index (Phi) is 7.42. The summed E-state index contributed by atoms with van der Waals surface area (Å²) >= 11 is 0. The van der Waals surface area contributed by atoms with E-state index in [1.165, 1.54) is 18.3 Å². The van der Waals surface area contributed by atoms with Crippen LogP contribution in [0.4, 0.5) is 20.7 Å². The normalized spacial score (nSPS) is 20.4. The van der Waals surface area contributed by atoms with E-state index in [0.29, 0.717) is 24.4 Å². The van der Waals surface area contributed by atoms with Gasteiger partial charge in [-0.15, -0.1) is 0 Å². The molecule has 0 radical (unpaired) electrons. The third kappa shape index (κ3) is 5.83. The summed E-state index contributed by atoms with van der Waals surface area (Å²) in [4.78, 5) is 32.8. The monoisotopic (exact) mass is 536 g/mol. The molecule has 10 nitrogen and oxygen atoms in total. The number of rotatable bonds is 8. The molecule has 1 unspecified atom stereocenters. The maximum absolute atomic E-state index is 15.0. The Morgan fingerprint density at radius 3 is 2.59 bits per heavy atom. The molecule has 2 amide bonds. The minimum Gasteiger partial charge on any atom is -0.481 e. The van der Waals surface area contributed by atoms with Crippen molar-refractivity contribution < 1.29 is 23.8 Å². The second-order valence-electron chi connectivity index (χ2n) is 10.3. The van der Waals surface area contributed by atoms with E-state index in [4.69, 9.17) is 4.74 Å². The molecule has 1 aromatic heterocycles. The van der Waals surface area contributed by atoms with E-state index in [0.717, 1.165) is 25.9 Å². The van der Waals surface area contributed by atoms with Crippen molar-refractivity contribution in [2.24, 2.45) is 5.41 Å². The van der Waals surface area contributed by atoms with Crippen LogP contribution in [0.3, 0.4) is 0 Å². The lowest BCUT2D eigenvalue weighted by molar-refractivity contribution is -0.145. The number of amides is 2. The number of carboxylic acids is 1. The summed E-state index contributed by atoms with van der Waals surface area (Å²) in [5.74, 6) is -0.426. The van der Waals surface area contributed by atoms with Crippen LogP contribution in [0.5, 0.6) is 11.5 Å². The van der Waals surface area contributed by atoms with Crippen LogP contribution in [0, 0.1) is 11.2 Å². The first-order chi connectivity index (χ1) is 18.7. The number of aromatic nitrogens is 1. The molecule has 5 rings (SSSR count). The number of ether oxygens (including phenoxy) is 1. The molecule has 1 atom stereocenters. The highest BCUT2D eigenvalue weighted by atomic mass is 19.1. The Hall–Kier alpha value is -4.12. The van der Waals surface area contributed by atoms with Crippen LogP contribution in [-0.2, 0) is 4.79 Å². The lowest BCUT2D eigenvalue weighted by Crippen LogP contribution is -2.46. The quantitative estimate of drug-likeness (QED) is 0.452. The average molecular weight is 537 g/mol. The highest BCUT2D eigenvalue weighted by Crippen LogP contribution is 2.51. The summed E-state index contributed by atoms with van der Waals surface area (Å²) in [5.41, 5.74) is 2.32. The summed E-state index contributed by atoms with van der Waals surface area (Å²) in [5, 5.41) is 14.1. The molecule has 1 aromatic carbocycles. The van der Waals surface area contributed by atoms with E-state index >= 15 is 4.39 Å². The first kappa shape index (κ1) is 26.5. The van der Waals surface area contributed by atoms with Crippen molar-refractivity contribution in [2.75, 3.05) is 37.9 Å². The molecule has 3 aliphatic rings. The Morgan fingerprint density at radius 2 is 1.90 bits per heavy atom. The number of allylic oxidation sites excluding steroid dienone is 2. The number of aliphatic carboxylic acids is 1. The number of halogens is 1. The van der Waals surface area contributed by atoms with Crippen molar-refractivity contribution in [1.82, 2.24) is 19.8 Å². The predicted molar refractivity (Wildman–Crippen MR) is 145 cm³/mol. The van der Waals surface area contributed by atoms with Gasteiger partial charge in [0.2, 0.25) is 0 Å². The minimum absolute atomic E-state index is 0.168. The first-order valence-electron chi connectivity index (χ1n) is 13.0. The Morgan fingerprint density at radius 1 is 1.15 bits per heavy atom. The molecular weight excluding hydrogens is 503 g/mol. The summed E-state index contributed by atoms with van der Waals surface area (Å²) in [6.45, 7) is 1.90. The summed E-state index contributed by atoms with van der Waals surface area (Å²) in [6.07, 6.45) is 11.6. The predicted octanol–water partition coefficient (Wildman–Crippen LogP) is 4.52. The fraction of sp³-hybridized carbons (Fsp3) is 0.393. The third-order valence-electron chi connectivity index (χ3n) is 7.68. The summed E-state index contributed by atoms with van der Waals surface area (Å²) in [7, 11) is 3.86. The molecule has 1 saturated heterocycles. The van der Waals surface area contributed by atoms with Gasteiger partial charge in [0.15, 0.2) is 5.82 Å². The fourth-order valence-corrected chi connectivity index (χ4v) is 5.04. The SMILES string of the molecule is CN1CCC(N(C)C(=O)Nc2cc(Oc3ccc(NN4C=CC=CC4C4(C(=O)O)CC4)c(F)c3)ccn2)CC1. The summed E-state index contributed by atoms with van der Waals surface area (Å²) < 4.78 is 20.9. The number of benzene rings is 1. The average Bonchev–Trinajstić information content (AvgIpc) is 3.73. The largest absolute Gasteiger partial charge is 0.481 e. The number of carbonyl (C=O) groups excluding carboxylic acids is 1. The number of carboxylic acid groups (broad SMARTS) is 1. The van der Waals surface area contributed by atoms with E-state index in [1.807, 2.05) is 6.08 Å².